The average molecular weight is 720 g/mol. The minimum Gasteiger partial charge on any atom is -0.459 e. The van der Waals surface area contributed by atoms with Crippen LogP contribution in [0.5, 0.6) is 0 Å². The van der Waals surface area contributed by atoms with Crippen molar-refractivity contribution in [2.75, 3.05) is 13.7 Å². The molecule has 0 fully saturated rings. The standard InChI is InChI=1S/C45H37NO8/c1-51-46-29-41(53-44(49)38-25-19-35(20-26-38)32-13-7-3-8-14-32)42(54-45(50)39-27-21-36(22-28-39)33-15-9-4-10-16-33)40(47)30-52-43(48)37-23-17-34(18-24-37)31-11-5-2-6-12-31/h2-29,40-42,47H,30H2,1H3/t40-,41-,42-/m0/s1. The van der Waals surface area contributed by atoms with Gasteiger partial charge >= 0.3 is 17.9 Å². The zero-order chi connectivity index (χ0) is 37.7. The van der Waals surface area contributed by atoms with Crippen molar-refractivity contribution in [1.82, 2.24) is 0 Å². The fourth-order valence-corrected chi connectivity index (χ4v) is 5.68. The van der Waals surface area contributed by atoms with E-state index in [4.69, 9.17) is 19.0 Å². The lowest BCUT2D eigenvalue weighted by Gasteiger charge is -2.28. The Kier molecular flexibility index (Phi) is 12.4. The molecule has 0 spiro atoms. The molecule has 0 aliphatic carbocycles. The third-order valence-electron chi connectivity index (χ3n) is 8.57. The monoisotopic (exact) mass is 719 g/mol. The Labute approximate surface area is 313 Å². The molecule has 6 aromatic carbocycles. The summed E-state index contributed by atoms with van der Waals surface area (Å²) < 4.78 is 17.1. The largest absolute Gasteiger partial charge is 0.459 e. The van der Waals surface area contributed by atoms with Crippen LogP contribution < -0.4 is 0 Å². The van der Waals surface area contributed by atoms with Crippen LogP contribution in [0.3, 0.4) is 0 Å². The van der Waals surface area contributed by atoms with E-state index in [1.807, 2.05) is 91.0 Å². The van der Waals surface area contributed by atoms with E-state index in [1.54, 1.807) is 72.8 Å². The number of aliphatic hydroxyl groups is 1. The fraction of sp³-hybridized carbons (Fsp3) is 0.111. The summed E-state index contributed by atoms with van der Waals surface area (Å²) in [6.45, 7) is -0.606. The number of nitrogens with zero attached hydrogens (tertiary/aromatic N) is 1. The van der Waals surface area contributed by atoms with Gasteiger partial charge in [-0.25, -0.2) is 14.4 Å². The Morgan fingerprint density at radius 3 is 1.26 bits per heavy atom. The van der Waals surface area contributed by atoms with Gasteiger partial charge in [0.1, 0.15) is 19.8 Å². The molecule has 9 heteroatoms. The predicted molar refractivity (Wildman–Crippen MR) is 206 cm³/mol. The van der Waals surface area contributed by atoms with Crippen LogP contribution >= 0.6 is 0 Å². The molecule has 0 aliphatic heterocycles. The van der Waals surface area contributed by atoms with Gasteiger partial charge in [0.15, 0.2) is 12.2 Å². The molecule has 0 amide bonds. The first kappa shape index (κ1) is 36.9. The topological polar surface area (TPSA) is 121 Å². The van der Waals surface area contributed by atoms with Crippen molar-refractivity contribution in [1.29, 1.82) is 0 Å². The normalized spacial score (nSPS) is 12.6. The molecule has 0 bridgehead atoms. The van der Waals surface area contributed by atoms with Crippen molar-refractivity contribution < 1.29 is 38.5 Å². The number of hydrogen-bond donors (Lipinski definition) is 1. The molecule has 9 nitrogen and oxygen atoms in total. The summed E-state index contributed by atoms with van der Waals surface area (Å²) in [4.78, 5) is 45.0. The summed E-state index contributed by atoms with van der Waals surface area (Å²) >= 11 is 0. The molecule has 54 heavy (non-hydrogen) atoms. The van der Waals surface area contributed by atoms with Gasteiger partial charge in [-0.05, 0) is 69.8 Å². The van der Waals surface area contributed by atoms with Crippen LogP contribution in [0.1, 0.15) is 31.1 Å². The van der Waals surface area contributed by atoms with E-state index in [1.165, 1.54) is 7.11 Å². The highest BCUT2D eigenvalue weighted by molar-refractivity contribution is 5.93. The first-order valence-electron chi connectivity index (χ1n) is 17.2. The number of esters is 3. The molecule has 1 N–H and O–H groups in total. The number of rotatable bonds is 14. The van der Waals surface area contributed by atoms with E-state index in [2.05, 4.69) is 5.16 Å². The number of carbonyl (C=O) groups excluding carboxylic acids is 3. The number of ether oxygens (including phenoxy) is 3. The lowest BCUT2D eigenvalue weighted by molar-refractivity contribution is -0.0784. The number of aliphatic hydroxyl groups excluding tert-OH is 1. The van der Waals surface area contributed by atoms with Gasteiger partial charge in [0.2, 0.25) is 0 Å². The summed E-state index contributed by atoms with van der Waals surface area (Å²) in [5.74, 6) is -2.31. The second-order valence-electron chi connectivity index (χ2n) is 12.2. The maximum atomic E-state index is 13.6. The van der Waals surface area contributed by atoms with Crippen LogP contribution in [-0.4, -0.2) is 61.3 Å². The van der Waals surface area contributed by atoms with Crippen molar-refractivity contribution in [3.63, 3.8) is 0 Å². The van der Waals surface area contributed by atoms with Gasteiger partial charge in [-0.3, -0.25) is 0 Å². The third kappa shape index (κ3) is 9.52. The quantitative estimate of drug-likeness (QED) is 0.0517. The van der Waals surface area contributed by atoms with Crippen LogP contribution in [0.15, 0.2) is 169 Å². The van der Waals surface area contributed by atoms with Crippen molar-refractivity contribution >= 4 is 24.1 Å². The molecular weight excluding hydrogens is 682 g/mol. The van der Waals surface area contributed by atoms with Crippen LogP contribution in [0, 0.1) is 0 Å². The first-order valence-corrected chi connectivity index (χ1v) is 17.2. The Balaban J connectivity index is 1.21. The Morgan fingerprint density at radius 2 is 0.870 bits per heavy atom. The van der Waals surface area contributed by atoms with Crippen molar-refractivity contribution in [3.05, 3.63) is 180 Å². The molecule has 0 heterocycles. The number of benzene rings is 6. The molecule has 0 saturated heterocycles. The molecule has 0 aliphatic rings. The summed E-state index contributed by atoms with van der Waals surface area (Å²) in [5.41, 5.74) is 6.21. The Morgan fingerprint density at radius 1 is 0.519 bits per heavy atom. The third-order valence-corrected chi connectivity index (χ3v) is 8.57. The van der Waals surface area contributed by atoms with Crippen molar-refractivity contribution in [2.45, 2.75) is 18.3 Å². The number of oxime groups is 1. The van der Waals surface area contributed by atoms with E-state index in [-0.39, 0.29) is 16.7 Å². The zero-order valence-electron chi connectivity index (χ0n) is 29.4. The molecule has 3 atom stereocenters. The SMILES string of the molecule is CON=C[C@H](OC(=O)c1ccc(-c2ccccc2)cc1)[C@@H](OC(=O)c1ccc(-c2ccccc2)cc1)[C@@H](O)COC(=O)c1ccc(-c2ccccc2)cc1. The molecule has 0 saturated carbocycles. The Bertz CT molecular complexity index is 2150. The maximum absolute atomic E-state index is 13.6. The van der Waals surface area contributed by atoms with Crippen LogP contribution in [-0.2, 0) is 19.0 Å². The molecule has 6 aromatic rings. The van der Waals surface area contributed by atoms with Gasteiger partial charge in [-0.1, -0.05) is 133 Å². The molecular formula is C45H37NO8. The summed E-state index contributed by atoms with van der Waals surface area (Å²) in [6.07, 6.45) is -3.60. The minimum atomic E-state index is -1.66. The molecule has 0 aromatic heterocycles. The van der Waals surface area contributed by atoms with Crippen LogP contribution in [0.25, 0.3) is 33.4 Å². The maximum Gasteiger partial charge on any atom is 0.338 e. The molecule has 270 valence electrons. The highest BCUT2D eigenvalue weighted by Gasteiger charge is 2.36. The minimum absolute atomic E-state index is 0.174. The van der Waals surface area contributed by atoms with Gasteiger partial charge in [0.25, 0.3) is 0 Å². The molecule has 0 radical (unpaired) electrons. The fourth-order valence-electron chi connectivity index (χ4n) is 5.68. The van der Waals surface area contributed by atoms with Crippen molar-refractivity contribution in [3.8, 4) is 33.4 Å². The van der Waals surface area contributed by atoms with Gasteiger partial charge < -0.3 is 24.2 Å². The highest BCUT2D eigenvalue weighted by atomic mass is 16.6. The second kappa shape index (κ2) is 18.1. The van der Waals surface area contributed by atoms with Gasteiger partial charge in [-0.2, -0.15) is 0 Å². The van der Waals surface area contributed by atoms with E-state index >= 15 is 0 Å². The first-order chi connectivity index (χ1) is 26.4. The van der Waals surface area contributed by atoms with Gasteiger partial charge in [-0.15, -0.1) is 0 Å². The number of hydrogen-bond acceptors (Lipinski definition) is 9. The van der Waals surface area contributed by atoms with Crippen LogP contribution in [0.2, 0.25) is 0 Å². The predicted octanol–water partition coefficient (Wildman–Crippen LogP) is 8.29. The van der Waals surface area contributed by atoms with E-state index < -0.39 is 42.8 Å². The van der Waals surface area contributed by atoms with E-state index in [0.717, 1.165) is 39.6 Å². The van der Waals surface area contributed by atoms with E-state index in [0.29, 0.717) is 0 Å². The lowest BCUT2D eigenvalue weighted by Crippen LogP contribution is -2.46. The molecule has 6 rings (SSSR count). The van der Waals surface area contributed by atoms with Gasteiger partial charge in [0.05, 0.1) is 22.9 Å². The van der Waals surface area contributed by atoms with Gasteiger partial charge in [0, 0.05) is 0 Å². The molecule has 0 unspecified atom stereocenters. The number of carbonyl (C=O) groups is 3. The van der Waals surface area contributed by atoms with Crippen LogP contribution in [0.4, 0.5) is 0 Å². The smallest absolute Gasteiger partial charge is 0.338 e. The summed E-state index contributed by atoms with van der Waals surface area (Å²) in [5, 5.41) is 15.2. The average Bonchev–Trinajstić information content (AvgIpc) is 3.24. The summed E-state index contributed by atoms with van der Waals surface area (Å²) in [7, 11) is 1.29. The lowest BCUT2D eigenvalue weighted by atomic mass is 10.0. The van der Waals surface area contributed by atoms with Crippen molar-refractivity contribution in [2.24, 2.45) is 5.16 Å². The zero-order valence-corrected chi connectivity index (χ0v) is 29.4. The van der Waals surface area contributed by atoms with E-state index in [9.17, 15) is 19.5 Å². The summed E-state index contributed by atoms with van der Waals surface area (Å²) in [6, 6.07) is 49.3. The second-order valence-corrected chi connectivity index (χ2v) is 12.2. The highest BCUT2D eigenvalue weighted by Crippen LogP contribution is 2.24. The Hall–Kier alpha value is -6.84.